The number of nitro groups is 1. The highest BCUT2D eigenvalue weighted by Crippen LogP contribution is 2.39. The molecule has 0 bridgehead atoms. The molecule has 2 aromatic rings. The Morgan fingerprint density at radius 2 is 2.15 bits per heavy atom. The molecule has 1 N–H and O–H groups in total. The number of hydrogen-bond acceptors (Lipinski definition) is 6. The highest BCUT2D eigenvalue weighted by atomic mass is 35.5. The lowest BCUT2D eigenvalue weighted by Crippen LogP contribution is -2.45. The zero-order chi connectivity index (χ0) is 19.2. The lowest BCUT2D eigenvalue weighted by molar-refractivity contribution is -0.389. The van der Waals surface area contributed by atoms with E-state index in [0.29, 0.717) is 12.5 Å². The summed E-state index contributed by atoms with van der Waals surface area (Å²) in [7, 11) is 0. The minimum absolute atomic E-state index is 0.00256. The number of β-amino-alcohol motifs (C(OH)–C–C–N with tert-alkyl or cyclic N) is 1. The molecule has 9 heteroatoms. The molecular weight excluding hydrogens is 370 g/mol. The maximum Gasteiger partial charge on any atom is 0.383 e. The Balaban J connectivity index is 1.41. The van der Waals surface area contributed by atoms with Crippen LogP contribution in [0.4, 0.5) is 5.82 Å². The number of fused-ring (bicyclic) bond motifs is 1. The van der Waals surface area contributed by atoms with Gasteiger partial charge in [-0.2, -0.15) is 0 Å². The highest BCUT2D eigenvalue weighted by Gasteiger charge is 2.31. The van der Waals surface area contributed by atoms with Crippen molar-refractivity contribution in [1.29, 1.82) is 0 Å². The van der Waals surface area contributed by atoms with Gasteiger partial charge in [-0.15, -0.1) is 0 Å². The Bertz CT molecular complexity index is 878. The van der Waals surface area contributed by atoms with Crippen molar-refractivity contribution in [3.8, 4) is 0 Å². The fraction of sp³-hybridized carbons (Fsp3) is 0.556. The summed E-state index contributed by atoms with van der Waals surface area (Å²) in [6, 6.07) is 4.29. The van der Waals surface area contributed by atoms with Crippen LogP contribution in [0.1, 0.15) is 42.6 Å². The van der Waals surface area contributed by atoms with Crippen LogP contribution in [0.2, 0.25) is 5.28 Å². The first-order valence-corrected chi connectivity index (χ1v) is 9.49. The zero-order valence-electron chi connectivity index (χ0n) is 15.1. The van der Waals surface area contributed by atoms with E-state index in [4.69, 9.17) is 16.6 Å². The SMILES string of the molecule is C[C@](O)(CN1CCc2nc(C3CC3)ccc2C1)Cn1cc([N+](=O)[O-])nc1Cl. The Labute approximate surface area is 161 Å². The van der Waals surface area contributed by atoms with Gasteiger partial charge in [0.05, 0.1) is 12.1 Å². The minimum Gasteiger partial charge on any atom is -0.387 e. The smallest absolute Gasteiger partial charge is 0.383 e. The van der Waals surface area contributed by atoms with Crippen molar-refractivity contribution in [2.75, 3.05) is 13.1 Å². The largest absolute Gasteiger partial charge is 0.387 e. The molecule has 2 aromatic heterocycles. The van der Waals surface area contributed by atoms with Crippen LogP contribution in [0.25, 0.3) is 0 Å². The van der Waals surface area contributed by atoms with Gasteiger partial charge in [0.15, 0.2) is 0 Å². The number of halogens is 1. The molecular formula is C18H22ClN5O3. The number of imidazole rings is 1. The normalized spacial score (nSPS) is 19.5. The number of nitrogens with zero attached hydrogens (tertiary/aromatic N) is 5. The van der Waals surface area contributed by atoms with Crippen molar-refractivity contribution in [1.82, 2.24) is 19.4 Å². The summed E-state index contributed by atoms with van der Waals surface area (Å²) in [5.41, 5.74) is 2.49. The van der Waals surface area contributed by atoms with E-state index in [1.54, 1.807) is 6.92 Å². The van der Waals surface area contributed by atoms with Gasteiger partial charge in [-0.3, -0.25) is 14.5 Å². The van der Waals surface area contributed by atoms with Gasteiger partial charge in [0.2, 0.25) is 0 Å². The zero-order valence-corrected chi connectivity index (χ0v) is 15.9. The average molecular weight is 392 g/mol. The van der Waals surface area contributed by atoms with E-state index in [0.717, 1.165) is 19.5 Å². The van der Waals surface area contributed by atoms with E-state index in [2.05, 4.69) is 22.0 Å². The predicted octanol–water partition coefficient (Wildman–Crippen LogP) is 2.53. The molecule has 144 valence electrons. The molecule has 3 heterocycles. The van der Waals surface area contributed by atoms with Crippen molar-refractivity contribution in [2.24, 2.45) is 0 Å². The van der Waals surface area contributed by atoms with Gasteiger partial charge in [0, 0.05) is 43.4 Å². The van der Waals surface area contributed by atoms with Crippen LogP contribution in [0.15, 0.2) is 18.3 Å². The van der Waals surface area contributed by atoms with Crippen LogP contribution in [0.5, 0.6) is 0 Å². The predicted molar refractivity (Wildman–Crippen MR) is 99.7 cm³/mol. The van der Waals surface area contributed by atoms with Crippen LogP contribution < -0.4 is 0 Å². The monoisotopic (exact) mass is 391 g/mol. The van der Waals surface area contributed by atoms with Gasteiger partial charge in [-0.25, -0.2) is 0 Å². The first-order chi connectivity index (χ1) is 12.8. The second-order valence-corrected chi connectivity index (χ2v) is 8.17. The second-order valence-electron chi connectivity index (χ2n) is 7.83. The second kappa shape index (κ2) is 6.85. The molecule has 27 heavy (non-hydrogen) atoms. The maximum atomic E-state index is 10.8. The van der Waals surface area contributed by atoms with Gasteiger partial charge >= 0.3 is 11.1 Å². The van der Waals surface area contributed by atoms with Crippen molar-refractivity contribution in [2.45, 2.75) is 50.8 Å². The third-order valence-corrected chi connectivity index (χ3v) is 5.42. The van der Waals surface area contributed by atoms with Crippen LogP contribution in [0.3, 0.4) is 0 Å². The summed E-state index contributed by atoms with van der Waals surface area (Å²) in [4.78, 5) is 20.9. The number of aromatic nitrogens is 3. The van der Waals surface area contributed by atoms with Gasteiger partial charge in [0.1, 0.15) is 6.20 Å². The molecule has 4 rings (SSSR count). The van der Waals surface area contributed by atoms with Gasteiger partial charge in [0.25, 0.3) is 0 Å². The Morgan fingerprint density at radius 3 is 2.81 bits per heavy atom. The fourth-order valence-electron chi connectivity index (χ4n) is 3.71. The fourth-order valence-corrected chi connectivity index (χ4v) is 3.91. The standard InChI is InChI=1S/C18H22ClN5O3/c1-18(25,11-23-9-16(24(26)27)21-17(23)19)10-22-7-6-15-13(8-22)4-5-14(20-15)12-2-3-12/h4-5,9,12,25H,2-3,6-8,10-11H2,1H3/t18-/m0/s1. The molecule has 0 aromatic carbocycles. The molecule has 1 aliphatic heterocycles. The highest BCUT2D eigenvalue weighted by molar-refractivity contribution is 6.28. The summed E-state index contributed by atoms with van der Waals surface area (Å²) in [6.07, 6.45) is 4.61. The Kier molecular flexibility index (Phi) is 4.65. The van der Waals surface area contributed by atoms with Crippen LogP contribution in [-0.4, -0.2) is 48.2 Å². The topological polar surface area (TPSA) is 97.3 Å². The summed E-state index contributed by atoms with van der Waals surface area (Å²) >= 11 is 5.96. The molecule has 1 fully saturated rings. The van der Waals surface area contributed by atoms with Crippen LogP contribution in [0, 0.1) is 10.1 Å². The summed E-state index contributed by atoms with van der Waals surface area (Å²) in [5.74, 6) is 0.332. The number of pyridine rings is 1. The van der Waals surface area contributed by atoms with Crippen molar-refractivity contribution >= 4 is 17.4 Å². The third kappa shape index (κ3) is 4.12. The molecule has 0 spiro atoms. The molecule has 0 unspecified atom stereocenters. The third-order valence-electron chi connectivity index (χ3n) is 5.12. The molecule has 1 saturated carbocycles. The van der Waals surface area contributed by atoms with E-state index in [9.17, 15) is 15.2 Å². The van der Waals surface area contributed by atoms with Crippen molar-refractivity contribution in [3.63, 3.8) is 0 Å². The molecule has 0 radical (unpaired) electrons. The first kappa shape index (κ1) is 18.3. The Morgan fingerprint density at radius 1 is 1.37 bits per heavy atom. The minimum atomic E-state index is -1.10. The average Bonchev–Trinajstić information content (AvgIpc) is 3.38. The number of aliphatic hydroxyl groups is 1. The Hall–Kier alpha value is -2.03. The molecule has 0 saturated heterocycles. The van der Waals surface area contributed by atoms with Crippen molar-refractivity contribution < 1.29 is 10.0 Å². The van der Waals surface area contributed by atoms with Gasteiger partial charge in [-0.05, 0) is 52.9 Å². The molecule has 1 aliphatic carbocycles. The number of hydrogen-bond donors (Lipinski definition) is 1. The molecule has 8 nitrogen and oxygen atoms in total. The first-order valence-electron chi connectivity index (χ1n) is 9.11. The molecule has 1 atom stereocenters. The lowest BCUT2D eigenvalue weighted by Gasteiger charge is -2.34. The van der Waals surface area contributed by atoms with E-state index in [1.165, 1.54) is 40.6 Å². The summed E-state index contributed by atoms with van der Waals surface area (Å²) < 4.78 is 1.42. The lowest BCUT2D eigenvalue weighted by atomic mass is 10.0. The van der Waals surface area contributed by atoms with E-state index in [1.807, 2.05) is 0 Å². The van der Waals surface area contributed by atoms with E-state index in [-0.39, 0.29) is 17.6 Å². The molecule has 2 aliphatic rings. The summed E-state index contributed by atoms with van der Waals surface area (Å²) in [6.45, 7) is 3.83. The van der Waals surface area contributed by atoms with E-state index >= 15 is 0 Å². The maximum absolute atomic E-state index is 10.8. The van der Waals surface area contributed by atoms with E-state index < -0.39 is 10.5 Å². The van der Waals surface area contributed by atoms with Crippen LogP contribution >= 0.6 is 11.6 Å². The summed E-state index contributed by atoms with van der Waals surface area (Å²) in [5, 5.41) is 21.7. The van der Waals surface area contributed by atoms with Crippen molar-refractivity contribution in [3.05, 3.63) is 50.7 Å². The quantitative estimate of drug-likeness (QED) is 0.600. The van der Waals surface area contributed by atoms with Gasteiger partial charge in [-0.1, -0.05) is 6.07 Å². The van der Waals surface area contributed by atoms with Crippen LogP contribution in [-0.2, 0) is 19.5 Å². The van der Waals surface area contributed by atoms with Gasteiger partial charge < -0.3 is 15.2 Å². The number of rotatable bonds is 6. The molecule has 0 amide bonds.